The summed E-state index contributed by atoms with van der Waals surface area (Å²) in [6, 6.07) is 17.0. The predicted octanol–water partition coefficient (Wildman–Crippen LogP) is 2.81. The molecule has 29 heavy (non-hydrogen) atoms. The number of hydrazine groups is 2. The van der Waals surface area contributed by atoms with E-state index in [0.29, 0.717) is 5.82 Å². The van der Waals surface area contributed by atoms with Gasteiger partial charge >= 0.3 is 5.91 Å². The maximum atomic E-state index is 13.6. The molecule has 2 aliphatic rings. The average molecular weight is 387 g/mol. The van der Waals surface area contributed by atoms with Crippen LogP contribution in [0.1, 0.15) is 32.9 Å². The van der Waals surface area contributed by atoms with Gasteiger partial charge in [0, 0.05) is 45.6 Å². The highest BCUT2D eigenvalue weighted by atomic mass is 16.2. The standard InChI is InChI=1S/C23H25N5O/c1-25-15-12-24-22(25)23(29)28(26-13-10-18-6-2-4-8-20(18)16-26)27-14-11-19-7-3-5-9-21(19)17-27/h2-9,12,15H,10-11,13-14,16-17H2,1H3. The fourth-order valence-corrected chi connectivity index (χ4v) is 4.38. The Bertz CT molecular complexity index is 986. The van der Waals surface area contributed by atoms with Crippen molar-refractivity contribution in [2.45, 2.75) is 25.9 Å². The lowest BCUT2D eigenvalue weighted by Gasteiger charge is -2.45. The molecule has 148 valence electrons. The molecule has 0 saturated carbocycles. The fourth-order valence-electron chi connectivity index (χ4n) is 4.38. The summed E-state index contributed by atoms with van der Waals surface area (Å²) < 4.78 is 1.80. The smallest absolute Gasteiger partial charge is 0.319 e. The van der Waals surface area contributed by atoms with Gasteiger partial charge in [-0.15, -0.1) is 0 Å². The molecule has 6 nitrogen and oxygen atoms in total. The third-order valence-corrected chi connectivity index (χ3v) is 5.95. The van der Waals surface area contributed by atoms with E-state index in [1.54, 1.807) is 10.8 Å². The maximum absolute atomic E-state index is 13.6. The van der Waals surface area contributed by atoms with Gasteiger partial charge in [0.1, 0.15) is 0 Å². The summed E-state index contributed by atoms with van der Waals surface area (Å²) >= 11 is 0. The van der Waals surface area contributed by atoms with E-state index in [0.717, 1.165) is 39.0 Å². The van der Waals surface area contributed by atoms with Crippen LogP contribution >= 0.6 is 0 Å². The number of amides is 1. The van der Waals surface area contributed by atoms with Crippen LogP contribution in [0.3, 0.4) is 0 Å². The van der Waals surface area contributed by atoms with Gasteiger partial charge in [0.2, 0.25) is 5.82 Å². The molecule has 0 aliphatic carbocycles. The number of hydrogen-bond donors (Lipinski definition) is 0. The van der Waals surface area contributed by atoms with Crippen molar-refractivity contribution in [3.8, 4) is 0 Å². The van der Waals surface area contributed by atoms with Crippen LogP contribution in [0.2, 0.25) is 0 Å². The second-order valence-electron chi connectivity index (χ2n) is 7.77. The first kappa shape index (κ1) is 18.1. The van der Waals surface area contributed by atoms with Gasteiger partial charge in [-0.2, -0.15) is 15.1 Å². The third kappa shape index (κ3) is 3.34. The minimum absolute atomic E-state index is 0.0729. The van der Waals surface area contributed by atoms with Crippen molar-refractivity contribution in [3.05, 3.63) is 89.0 Å². The van der Waals surface area contributed by atoms with E-state index in [1.807, 2.05) is 18.4 Å². The van der Waals surface area contributed by atoms with Gasteiger partial charge in [0.05, 0.1) is 0 Å². The molecular formula is C23H25N5O. The molecule has 2 aliphatic heterocycles. The van der Waals surface area contributed by atoms with Crippen LogP contribution in [0, 0.1) is 0 Å². The van der Waals surface area contributed by atoms with Gasteiger partial charge in [0.15, 0.2) is 0 Å². The molecule has 0 saturated heterocycles. The molecule has 0 unspecified atom stereocenters. The minimum atomic E-state index is -0.0729. The highest BCUT2D eigenvalue weighted by Crippen LogP contribution is 2.26. The van der Waals surface area contributed by atoms with Gasteiger partial charge in [-0.25, -0.2) is 4.98 Å². The Balaban J connectivity index is 1.49. The van der Waals surface area contributed by atoms with E-state index >= 15 is 0 Å². The highest BCUT2D eigenvalue weighted by Gasteiger charge is 2.34. The lowest BCUT2D eigenvalue weighted by molar-refractivity contribution is -0.162. The van der Waals surface area contributed by atoms with Gasteiger partial charge in [-0.05, 0) is 35.1 Å². The molecule has 0 bridgehead atoms. The van der Waals surface area contributed by atoms with Crippen LogP contribution in [0.25, 0.3) is 0 Å². The van der Waals surface area contributed by atoms with Crippen LogP contribution in [0.15, 0.2) is 60.9 Å². The number of hydrogen-bond acceptors (Lipinski definition) is 4. The monoisotopic (exact) mass is 387 g/mol. The first-order chi connectivity index (χ1) is 14.2. The van der Waals surface area contributed by atoms with Crippen LogP contribution < -0.4 is 0 Å². The lowest BCUT2D eigenvalue weighted by atomic mass is 10.0. The molecule has 5 rings (SSSR count). The van der Waals surface area contributed by atoms with Crippen molar-refractivity contribution >= 4 is 5.91 Å². The van der Waals surface area contributed by atoms with E-state index in [-0.39, 0.29) is 5.91 Å². The molecule has 0 radical (unpaired) electrons. The van der Waals surface area contributed by atoms with Crippen molar-refractivity contribution in [1.29, 1.82) is 0 Å². The average Bonchev–Trinajstić information content (AvgIpc) is 3.19. The summed E-state index contributed by atoms with van der Waals surface area (Å²) in [4.78, 5) is 17.9. The summed E-state index contributed by atoms with van der Waals surface area (Å²) in [6.07, 6.45) is 5.38. The number of benzene rings is 2. The first-order valence-corrected chi connectivity index (χ1v) is 10.2. The number of rotatable bonds is 3. The van der Waals surface area contributed by atoms with Crippen molar-refractivity contribution in [1.82, 2.24) is 24.7 Å². The van der Waals surface area contributed by atoms with E-state index in [4.69, 9.17) is 0 Å². The minimum Gasteiger partial charge on any atom is -0.330 e. The Kier molecular flexibility index (Phi) is 4.66. The van der Waals surface area contributed by atoms with E-state index in [2.05, 4.69) is 63.5 Å². The molecule has 1 amide bonds. The van der Waals surface area contributed by atoms with Crippen LogP contribution in [0.5, 0.6) is 0 Å². The molecule has 0 spiro atoms. The quantitative estimate of drug-likeness (QED) is 0.693. The van der Waals surface area contributed by atoms with Crippen molar-refractivity contribution in [2.24, 2.45) is 7.05 Å². The number of fused-ring (bicyclic) bond motifs is 2. The summed E-state index contributed by atoms with van der Waals surface area (Å²) in [7, 11) is 1.87. The number of nitrogens with zero attached hydrogens (tertiary/aromatic N) is 5. The number of imidazole rings is 1. The van der Waals surface area contributed by atoms with Crippen LogP contribution in [-0.2, 0) is 33.0 Å². The molecule has 6 heteroatoms. The van der Waals surface area contributed by atoms with E-state index in [1.165, 1.54) is 22.3 Å². The summed E-state index contributed by atoms with van der Waals surface area (Å²) in [5, 5.41) is 6.20. The SMILES string of the molecule is Cn1ccnc1C(=O)N(N1CCc2ccccc2C1)N1CCc2ccccc2C1. The number of carbonyl (C=O) groups excluding carboxylic acids is 1. The fraction of sp³-hybridized carbons (Fsp3) is 0.304. The second-order valence-corrected chi connectivity index (χ2v) is 7.77. The molecule has 3 aromatic rings. The van der Waals surface area contributed by atoms with Gasteiger partial charge in [-0.1, -0.05) is 48.5 Å². The predicted molar refractivity (Wildman–Crippen MR) is 110 cm³/mol. The lowest BCUT2D eigenvalue weighted by Crippen LogP contribution is -2.58. The van der Waals surface area contributed by atoms with Crippen molar-refractivity contribution in [2.75, 3.05) is 13.1 Å². The van der Waals surface area contributed by atoms with Gasteiger partial charge in [0.25, 0.3) is 0 Å². The Hall–Kier alpha value is -2.96. The summed E-state index contributed by atoms with van der Waals surface area (Å²) in [5.41, 5.74) is 5.32. The summed E-state index contributed by atoms with van der Waals surface area (Å²) in [5.74, 6) is 0.388. The summed E-state index contributed by atoms with van der Waals surface area (Å²) in [6.45, 7) is 3.08. The maximum Gasteiger partial charge on any atom is 0.319 e. The Morgan fingerprint density at radius 2 is 1.38 bits per heavy atom. The van der Waals surface area contributed by atoms with Gasteiger partial charge in [-0.3, -0.25) is 4.79 Å². The molecule has 0 fully saturated rings. The largest absolute Gasteiger partial charge is 0.330 e. The molecule has 0 atom stereocenters. The molecule has 0 N–H and O–H groups in total. The Morgan fingerprint density at radius 3 is 1.86 bits per heavy atom. The molecule has 2 aromatic carbocycles. The van der Waals surface area contributed by atoms with Crippen molar-refractivity contribution < 1.29 is 4.79 Å². The van der Waals surface area contributed by atoms with E-state index in [9.17, 15) is 4.79 Å². The number of aromatic nitrogens is 2. The van der Waals surface area contributed by atoms with Crippen LogP contribution in [-0.4, -0.2) is 43.7 Å². The zero-order valence-corrected chi connectivity index (χ0v) is 16.7. The van der Waals surface area contributed by atoms with E-state index < -0.39 is 0 Å². The van der Waals surface area contributed by atoms with Gasteiger partial charge < -0.3 is 4.57 Å². The highest BCUT2D eigenvalue weighted by molar-refractivity contribution is 5.90. The topological polar surface area (TPSA) is 44.6 Å². The first-order valence-electron chi connectivity index (χ1n) is 10.2. The number of aryl methyl sites for hydroxylation is 1. The molecular weight excluding hydrogens is 362 g/mol. The Labute approximate surface area is 170 Å². The normalized spacial score (nSPS) is 16.9. The number of carbonyl (C=O) groups is 1. The zero-order valence-electron chi connectivity index (χ0n) is 16.7. The van der Waals surface area contributed by atoms with Crippen molar-refractivity contribution in [3.63, 3.8) is 0 Å². The van der Waals surface area contributed by atoms with Crippen LogP contribution in [0.4, 0.5) is 0 Å². The molecule has 3 heterocycles. The second kappa shape index (κ2) is 7.46. The Morgan fingerprint density at radius 1 is 0.862 bits per heavy atom. The zero-order chi connectivity index (χ0) is 19.8. The molecule has 1 aromatic heterocycles. The third-order valence-electron chi connectivity index (χ3n) is 5.95.